The molecule has 24 heavy (non-hydrogen) atoms. The number of benzene rings is 2. The van der Waals surface area contributed by atoms with E-state index < -0.39 is 0 Å². The predicted molar refractivity (Wildman–Crippen MR) is 103 cm³/mol. The first-order chi connectivity index (χ1) is 11.7. The molecular weight excluding hydrogens is 316 g/mol. The number of hydrogen-bond acceptors (Lipinski definition) is 4. The Morgan fingerprint density at radius 3 is 2.21 bits per heavy atom. The lowest BCUT2D eigenvalue weighted by Crippen LogP contribution is -2.20. The maximum atomic E-state index is 5.81. The van der Waals surface area contributed by atoms with E-state index in [1.54, 1.807) is 11.8 Å². The summed E-state index contributed by atoms with van der Waals surface area (Å²) in [4.78, 5) is -0.342. The van der Waals surface area contributed by atoms with E-state index in [-0.39, 0.29) is 10.9 Å². The zero-order valence-corrected chi connectivity index (χ0v) is 15.5. The molecule has 0 aromatic heterocycles. The molecule has 0 aliphatic heterocycles. The Balaban J connectivity index is 2.05. The normalized spacial score (nSPS) is 14.0. The Labute approximate surface area is 149 Å². The Kier molecular flexibility index (Phi) is 7.32. The number of para-hydroxylation sites is 1. The zero-order chi connectivity index (χ0) is 17.3. The summed E-state index contributed by atoms with van der Waals surface area (Å²) in [5.41, 5.74) is 1.20. The molecule has 0 aliphatic rings. The SMILES string of the molecule is CCC(/N=N/C(C)C)(SCCOc1ccccc1)c1ccccc1. The van der Waals surface area contributed by atoms with Gasteiger partial charge in [0, 0.05) is 5.75 Å². The van der Waals surface area contributed by atoms with Gasteiger partial charge in [-0.25, -0.2) is 0 Å². The molecule has 0 saturated carbocycles. The van der Waals surface area contributed by atoms with Crippen LogP contribution in [0.25, 0.3) is 0 Å². The average molecular weight is 343 g/mol. The largest absolute Gasteiger partial charge is 0.493 e. The smallest absolute Gasteiger partial charge is 0.151 e. The van der Waals surface area contributed by atoms with Crippen molar-refractivity contribution in [3.05, 3.63) is 66.2 Å². The molecular formula is C20H26N2OS. The van der Waals surface area contributed by atoms with E-state index in [1.165, 1.54) is 5.56 Å². The monoisotopic (exact) mass is 342 g/mol. The van der Waals surface area contributed by atoms with E-state index in [0.717, 1.165) is 17.9 Å². The van der Waals surface area contributed by atoms with Gasteiger partial charge in [-0.1, -0.05) is 55.5 Å². The lowest BCUT2D eigenvalue weighted by atomic mass is 10.0. The van der Waals surface area contributed by atoms with Crippen molar-refractivity contribution in [3.8, 4) is 5.75 Å². The van der Waals surface area contributed by atoms with Crippen molar-refractivity contribution in [2.75, 3.05) is 12.4 Å². The maximum absolute atomic E-state index is 5.81. The Bertz CT molecular complexity index is 616. The summed E-state index contributed by atoms with van der Waals surface area (Å²) in [6.07, 6.45) is 0.892. The van der Waals surface area contributed by atoms with Crippen molar-refractivity contribution in [3.63, 3.8) is 0 Å². The second-order valence-electron chi connectivity index (χ2n) is 5.82. The van der Waals surface area contributed by atoms with Crippen LogP contribution in [0.5, 0.6) is 5.75 Å². The third-order valence-corrected chi connectivity index (χ3v) is 5.04. The van der Waals surface area contributed by atoms with E-state index in [4.69, 9.17) is 9.85 Å². The van der Waals surface area contributed by atoms with Gasteiger partial charge >= 0.3 is 0 Å². The summed E-state index contributed by atoms with van der Waals surface area (Å²) in [6.45, 7) is 6.92. The first kappa shape index (κ1) is 18.5. The van der Waals surface area contributed by atoms with E-state index in [0.29, 0.717) is 6.61 Å². The van der Waals surface area contributed by atoms with Gasteiger partial charge in [-0.05, 0) is 38.0 Å². The van der Waals surface area contributed by atoms with Crippen molar-refractivity contribution < 1.29 is 4.74 Å². The van der Waals surface area contributed by atoms with Crippen LogP contribution in [0.3, 0.4) is 0 Å². The summed E-state index contributed by atoms with van der Waals surface area (Å²) in [5, 5.41) is 9.16. The summed E-state index contributed by atoms with van der Waals surface area (Å²) in [5.74, 6) is 1.76. The highest BCUT2D eigenvalue weighted by atomic mass is 32.2. The molecule has 0 radical (unpaired) electrons. The summed E-state index contributed by atoms with van der Waals surface area (Å²) in [7, 11) is 0. The minimum absolute atomic E-state index is 0.195. The van der Waals surface area contributed by atoms with Crippen LogP contribution in [0.15, 0.2) is 70.9 Å². The Morgan fingerprint density at radius 1 is 1.00 bits per heavy atom. The molecule has 0 amide bonds. The third kappa shape index (κ3) is 5.38. The first-order valence-electron chi connectivity index (χ1n) is 8.45. The number of hydrogen-bond donors (Lipinski definition) is 0. The summed E-state index contributed by atoms with van der Waals surface area (Å²) < 4.78 is 5.81. The van der Waals surface area contributed by atoms with Gasteiger partial charge in [-0.2, -0.15) is 10.2 Å². The maximum Gasteiger partial charge on any atom is 0.151 e. The zero-order valence-electron chi connectivity index (χ0n) is 14.7. The molecule has 2 aromatic carbocycles. The highest BCUT2D eigenvalue weighted by Crippen LogP contribution is 2.41. The summed E-state index contributed by atoms with van der Waals surface area (Å²) in [6, 6.07) is 20.5. The van der Waals surface area contributed by atoms with Gasteiger partial charge in [0.25, 0.3) is 0 Å². The molecule has 0 aliphatic carbocycles. The molecule has 2 rings (SSSR count). The van der Waals surface area contributed by atoms with Crippen LogP contribution in [0.4, 0.5) is 0 Å². The average Bonchev–Trinajstić information content (AvgIpc) is 2.63. The highest BCUT2D eigenvalue weighted by molar-refractivity contribution is 8.00. The lowest BCUT2D eigenvalue weighted by molar-refractivity contribution is 0.343. The van der Waals surface area contributed by atoms with Crippen molar-refractivity contribution in [2.45, 2.75) is 38.1 Å². The van der Waals surface area contributed by atoms with Gasteiger partial charge in [0.1, 0.15) is 5.75 Å². The molecule has 1 atom stereocenters. The molecule has 0 fully saturated rings. The van der Waals surface area contributed by atoms with Crippen LogP contribution in [0, 0.1) is 0 Å². The second-order valence-corrected chi connectivity index (χ2v) is 7.20. The topological polar surface area (TPSA) is 34.0 Å². The van der Waals surface area contributed by atoms with Gasteiger partial charge in [-0.15, -0.1) is 11.8 Å². The van der Waals surface area contributed by atoms with Crippen LogP contribution in [-0.2, 0) is 4.87 Å². The van der Waals surface area contributed by atoms with Gasteiger partial charge in [-0.3, -0.25) is 0 Å². The Hall–Kier alpha value is -1.81. The van der Waals surface area contributed by atoms with Gasteiger partial charge < -0.3 is 4.74 Å². The second kappa shape index (κ2) is 9.48. The standard InChI is InChI=1S/C20H26N2OS/c1-4-20(22-21-17(2)3,18-11-7-5-8-12-18)24-16-15-23-19-13-9-6-10-14-19/h5-14,17H,4,15-16H2,1-3H3/b22-21+. The molecule has 0 saturated heterocycles. The fourth-order valence-electron chi connectivity index (χ4n) is 2.34. The molecule has 3 nitrogen and oxygen atoms in total. The number of ether oxygens (including phenoxy) is 1. The first-order valence-corrected chi connectivity index (χ1v) is 9.44. The van der Waals surface area contributed by atoms with E-state index in [2.05, 4.69) is 50.2 Å². The van der Waals surface area contributed by atoms with E-state index in [9.17, 15) is 0 Å². The predicted octanol–water partition coefficient (Wildman–Crippen LogP) is 5.92. The molecule has 0 bridgehead atoms. The van der Waals surface area contributed by atoms with Crippen LogP contribution in [0.2, 0.25) is 0 Å². The van der Waals surface area contributed by atoms with E-state index in [1.807, 2.05) is 36.4 Å². The quantitative estimate of drug-likeness (QED) is 0.418. The van der Waals surface area contributed by atoms with E-state index >= 15 is 0 Å². The summed E-state index contributed by atoms with van der Waals surface area (Å²) >= 11 is 1.80. The number of rotatable bonds is 9. The molecule has 0 heterocycles. The van der Waals surface area contributed by atoms with Crippen molar-refractivity contribution in [1.29, 1.82) is 0 Å². The van der Waals surface area contributed by atoms with Gasteiger partial charge in [0.05, 0.1) is 12.6 Å². The van der Waals surface area contributed by atoms with Crippen LogP contribution >= 0.6 is 11.8 Å². The number of nitrogens with zero attached hydrogens (tertiary/aromatic N) is 2. The molecule has 0 N–H and O–H groups in total. The van der Waals surface area contributed by atoms with Gasteiger partial charge in [0.15, 0.2) is 4.87 Å². The minimum atomic E-state index is -0.342. The number of azo groups is 1. The fraction of sp³-hybridized carbons (Fsp3) is 0.400. The van der Waals surface area contributed by atoms with Crippen LogP contribution in [0.1, 0.15) is 32.8 Å². The van der Waals surface area contributed by atoms with Crippen LogP contribution < -0.4 is 4.74 Å². The molecule has 4 heteroatoms. The molecule has 2 aromatic rings. The minimum Gasteiger partial charge on any atom is -0.493 e. The fourth-order valence-corrected chi connectivity index (χ4v) is 3.46. The van der Waals surface area contributed by atoms with Crippen LogP contribution in [-0.4, -0.2) is 18.4 Å². The lowest BCUT2D eigenvalue weighted by Gasteiger charge is -2.27. The molecule has 0 spiro atoms. The van der Waals surface area contributed by atoms with Crippen molar-refractivity contribution in [1.82, 2.24) is 0 Å². The Morgan fingerprint density at radius 2 is 1.62 bits per heavy atom. The highest BCUT2D eigenvalue weighted by Gasteiger charge is 2.31. The van der Waals surface area contributed by atoms with Crippen molar-refractivity contribution >= 4 is 11.8 Å². The molecule has 128 valence electrons. The molecule has 1 unspecified atom stereocenters. The number of thioether (sulfide) groups is 1. The van der Waals surface area contributed by atoms with Crippen molar-refractivity contribution in [2.24, 2.45) is 10.2 Å². The van der Waals surface area contributed by atoms with Gasteiger partial charge in [0.2, 0.25) is 0 Å². The third-order valence-electron chi connectivity index (χ3n) is 3.59.